The van der Waals surface area contributed by atoms with Crippen LogP contribution >= 0.6 is 11.8 Å². The molecule has 3 aromatic carbocycles. The van der Waals surface area contributed by atoms with Crippen molar-refractivity contribution in [1.29, 1.82) is 0 Å². The normalized spacial score (nSPS) is 17.1. The lowest BCUT2D eigenvalue weighted by Gasteiger charge is -2.25. The Kier molecular flexibility index (Phi) is 8.34. The van der Waals surface area contributed by atoms with Crippen molar-refractivity contribution in [1.82, 2.24) is 14.8 Å². The first-order valence-corrected chi connectivity index (χ1v) is 13.9. The maximum absolute atomic E-state index is 12.9. The molecule has 210 valence electrons. The summed E-state index contributed by atoms with van der Waals surface area (Å²) in [5.41, 5.74) is 4.24. The SMILES string of the molecule is CC(C)c1ccccc1C1C(=O)CCSC1=NN=Cc1ccc(-c2ncn(-c3ccc(OC(F)(F)F)cc3)n2)cc1. The fourth-order valence-corrected chi connectivity index (χ4v) is 5.55. The van der Waals surface area contributed by atoms with Crippen molar-refractivity contribution in [3.63, 3.8) is 0 Å². The highest BCUT2D eigenvalue weighted by atomic mass is 32.2. The van der Waals surface area contributed by atoms with E-state index in [1.54, 1.807) is 18.0 Å². The molecule has 1 unspecified atom stereocenters. The fourth-order valence-electron chi connectivity index (χ4n) is 4.51. The van der Waals surface area contributed by atoms with Gasteiger partial charge in [-0.05, 0) is 46.9 Å². The number of hydrogen-bond donors (Lipinski definition) is 0. The molecule has 0 aliphatic carbocycles. The van der Waals surface area contributed by atoms with Gasteiger partial charge in [0.2, 0.25) is 0 Å². The first-order valence-electron chi connectivity index (χ1n) is 12.9. The second-order valence-electron chi connectivity index (χ2n) is 9.64. The molecule has 1 aliphatic heterocycles. The van der Waals surface area contributed by atoms with Crippen LogP contribution in [-0.4, -0.2) is 43.9 Å². The van der Waals surface area contributed by atoms with Crippen LogP contribution < -0.4 is 4.74 Å². The molecule has 1 aromatic heterocycles. The lowest BCUT2D eigenvalue weighted by Crippen LogP contribution is -2.26. The quantitative estimate of drug-likeness (QED) is 0.172. The summed E-state index contributed by atoms with van der Waals surface area (Å²) in [7, 11) is 0. The van der Waals surface area contributed by atoms with Crippen molar-refractivity contribution in [2.75, 3.05) is 5.75 Å². The van der Waals surface area contributed by atoms with Crippen molar-refractivity contribution in [3.05, 3.63) is 95.8 Å². The number of carbonyl (C=O) groups is 1. The molecule has 41 heavy (non-hydrogen) atoms. The van der Waals surface area contributed by atoms with Crippen LogP contribution in [0.3, 0.4) is 0 Å². The molecule has 1 aliphatic rings. The Bertz CT molecular complexity index is 1580. The van der Waals surface area contributed by atoms with Gasteiger partial charge in [-0.2, -0.15) is 5.10 Å². The van der Waals surface area contributed by atoms with E-state index in [0.29, 0.717) is 28.7 Å². The molecule has 0 radical (unpaired) electrons. The van der Waals surface area contributed by atoms with Gasteiger partial charge in [-0.3, -0.25) is 4.79 Å². The predicted octanol–water partition coefficient (Wildman–Crippen LogP) is 7.18. The van der Waals surface area contributed by atoms with Crippen molar-refractivity contribution in [2.24, 2.45) is 10.2 Å². The van der Waals surface area contributed by atoms with Crippen molar-refractivity contribution >= 4 is 28.8 Å². The minimum atomic E-state index is -4.75. The summed E-state index contributed by atoms with van der Waals surface area (Å²) < 4.78 is 42.5. The van der Waals surface area contributed by atoms with Crippen LogP contribution in [0.1, 0.15) is 48.8 Å². The number of ketones is 1. The number of halogens is 3. The summed E-state index contributed by atoms with van der Waals surface area (Å²) in [6.07, 6.45) is -1.12. The third kappa shape index (κ3) is 6.91. The van der Waals surface area contributed by atoms with Crippen LogP contribution in [0, 0.1) is 0 Å². The van der Waals surface area contributed by atoms with Gasteiger partial charge in [0.05, 0.1) is 17.8 Å². The largest absolute Gasteiger partial charge is 0.573 e. The van der Waals surface area contributed by atoms with Gasteiger partial charge < -0.3 is 4.74 Å². The molecule has 4 aromatic rings. The molecule has 0 spiro atoms. The molecule has 5 rings (SSSR count). The summed E-state index contributed by atoms with van der Waals surface area (Å²) in [6.45, 7) is 4.23. The number of alkyl halides is 3. The van der Waals surface area contributed by atoms with Crippen LogP contribution in [0.15, 0.2) is 89.3 Å². The molecule has 11 heteroatoms. The summed E-state index contributed by atoms with van der Waals surface area (Å²) in [5.74, 6) is 0.872. The smallest absolute Gasteiger partial charge is 0.406 e. The first kappa shape index (κ1) is 28.3. The molecule has 1 fully saturated rings. The van der Waals surface area contributed by atoms with E-state index in [-0.39, 0.29) is 17.5 Å². The first-order chi connectivity index (χ1) is 19.7. The third-order valence-corrected chi connectivity index (χ3v) is 7.48. The Hall–Kier alpha value is -4.25. The van der Waals surface area contributed by atoms with Crippen LogP contribution in [-0.2, 0) is 4.79 Å². The van der Waals surface area contributed by atoms with E-state index in [1.165, 1.54) is 35.3 Å². The maximum Gasteiger partial charge on any atom is 0.573 e. The standard InChI is InChI=1S/C30H26F3N5O2S/c1-19(2)24-5-3-4-6-25(24)27-26(39)15-16-41-29(27)36-35-17-20-7-9-21(10-8-20)28-34-18-38(37-28)22-11-13-23(14-12-22)40-30(31,32)33/h3-14,17-19,27H,15-16H2,1-2H3. The number of rotatable bonds is 7. The predicted molar refractivity (Wildman–Crippen MR) is 154 cm³/mol. The summed E-state index contributed by atoms with van der Waals surface area (Å²) >= 11 is 1.57. The third-order valence-electron chi connectivity index (χ3n) is 6.46. The summed E-state index contributed by atoms with van der Waals surface area (Å²) in [4.78, 5) is 17.2. The Morgan fingerprint density at radius 1 is 1.05 bits per heavy atom. The van der Waals surface area contributed by atoms with Crippen molar-refractivity contribution < 1.29 is 22.7 Å². The molecule has 1 atom stereocenters. The number of thioether (sulfide) groups is 1. The van der Waals surface area contributed by atoms with Gasteiger partial charge in [-0.1, -0.05) is 62.4 Å². The van der Waals surface area contributed by atoms with Crippen LogP contribution in [0.25, 0.3) is 17.1 Å². The number of aromatic nitrogens is 3. The van der Waals surface area contributed by atoms with Crippen LogP contribution in [0.5, 0.6) is 5.75 Å². The van der Waals surface area contributed by atoms with Gasteiger partial charge in [-0.15, -0.1) is 35.1 Å². The molecule has 0 bridgehead atoms. The summed E-state index contributed by atoms with van der Waals surface area (Å²) in [6, 6.07) is 20.8. The zero-order chi connectivity index (χ0) is 29.0. The lowest BCUT2D eigenvalue weighted by molar-refractivity contribution is -0.274. The number of hydrogen-bond acceptors (Lipinski definition) is 7. The molecule has 7 nitrogen and oxygen atoms in total. The molecule has 0 amide bonds. The van der Waals surface area contributed by atoms with Crippen molar-refractivity contribution in [3.8, 4) is 22.8 Å². The number of ether oxygens (including phenoxy) is 1. The molecule has 2 heterocycles. The molecular formula is C30H26F3N5O2S. The number of Topliss-reactive ketones (excluding diaryl/α,β-unsaturated/α-hetero) is 1. The highest BCUT2D eigenvalue weighted by Crippen LogP contribution is 2.35. The van der Waals surface area contributed by atoms with Gasteiger partial charge in [0.25, 0.3) is 0 Å². The minimum absolute atomic E-state index is 0.160. The maximum atomic E-state index is 12.9. The second-order valence-corrected chi connectivity index (χ2v) is 10.8. The van der Waals surface area contributed by atoms with Crippen LogP contribution in [0.2, 0.25) is 0 Å². The molecule has 0 saturated carbocycles. The molecule has 1 saturated heterocycles. The number of nitrogens with zero attached hydrogens (tertiary/aromatic N) is 5. The highest BCUT2D eigenvalue weighted by Gasteiger charge is 2.33. The van der Waals surface area contributed by atoms with Gasteiger partial charge in [0, 0.05) is 17.7 Å². The van der Waals surface area contributed by atoms with E-state index >= 15 is 0 Å². The second kappa shape index (κ2) is 12.1. The van der Waals surface area contributed by atoms with Gasteiger partial charge >= 0.3 is 6.36 Å². The van der Waals surface area contributed by atoms with E-state index in [0.717, 1.165) is 22.3 Å². The average molecular weight is 578 g/mol. The topological polar surface area (TPSA) is 81.7 Å². The fraction of sp³-hybridized carbons (Fsp3) is 0.233. The van der Waals surface area contributed by atoms with E-state index in [1.807, 2.05) is 42.5 Å². The summed E-state index contributed by atoms with van der Waals surface area (Å²) in [5, 5.41) is 13.9. The number of benzene rings is 3. The van der Waals surface area contributed by atoms with Gasteiger partial charge in [0.1, 0.15) is 22.9 Å². The lowest BCUT2D eigenvalue weighted by atomic mass is 9.86. The van der Waals surface area contributed by atoms with Gasteiger partial charge in [-0.25, -0.2) is 9.67 Å². The highest BCUT2D eigenvalue weighted by molar-refractivity contribution is 8.14. The molecular weight excluding hydrogens is 551 g/mol. The zero-order valence-corrected chi connectivity index (χ0v) is 23.1. The Morgan fingerprint density at radius 3 is 2.49 bits per heavy atom. The minimum Gasteiger partial charge on any atom is -0.406 e. The van der Waals surface area contributed by atoms with Crippen molar-refractivity contribution in [2.45, 2.75) is 38.5 Å². The van der Waals surface area contributed by atoms with E-state index in [4.69, 9.17) is 0 Å². The van der Waals surface area contributed by atoms with E-state index in [9.17, 15) is 18.0 Å². The van der Waals surface area contributed by atoms with Crippen LogP contribution in [0.4, 0.5) is 13.2 Å². The molecule has 0 N–H and O–H groups in total. The monoisotopic (exact) mass is 577 g/mol. The Labute approximate surface area is 239 Å². The van der Waals surface area contributed by atoms with E-state index < -0.39 is 12.3 Å². The Balaban J connectivity index is 1.29. The zero-order valence-electron chi connectivity index (χ0n) is 22.2. The number of carbonyl (C=O) groups excluding carboxylic acids is 1. The Morgan fingerprint density at radius 2 is 1.78 bits per heavy atom. The van der Waals surface area contributed by atoms with E-state index in [2.05, 4.69) is 44.9 Å². The van der Waals surface area contributed by atoms with Gasteiger partial charge in [0.15, 0.2) is 5.82 Å². The average Bonchev–Trinajstić information content (AvgIpc) is 3.43.